The Hall–Kier alpha value is -3.91. The molecule has 1 unspecified atom stereocenters. The number of hydrogen-bond donors (Lipinski definition) is 3. The highest BCUT2D eigenvalue weighted by atomic mass is 35.5. The van der Waals surface area contributed by atoms with Crippen LogP contribution in [0.2, 0.25) is 5.02 Å². The Morgan fingerprint density at radius 1 is 1.00 bits per heavy atom. The van der Waals surface area contributed by atoms with Gasteiger partial charge in [-0.2, -0.15) is 0 Å². The lowest BCUT2D eigenvalue weighted by atomic mass is 10.1. The van der Waals surface area contributed by atoms with E-state index in [0.29, 0.717) is 22.0 Å². The number of carbonyl (C=O) groups excluding carboxylic acids is 2. The molecule has 1 aromatic heterocycles. The largest absolute Gasteiger partial charge is 0.358 e. The van der Waals surface area contributed by atoms with Gasteiger partial charge in [0.25, 0.3) is 5.91 Å². The Balaban J connectivity index is 1.47. The molecule has 1 aliphatic heterocycles. The van der Waals surface area contributed by atoms with E-state index in [2.05, 4.69) is 30.8 Å². The van der Waals surface area contributed by atoms with E-state index in [0.717, 1.165) is 24.5 Å². The van der Waals surface area contributed by atoms with Gasteiger partial charge in [-0.25, -0.2) is 4.79 Å². The van der Waals surface area contributed by atoms with Crippen LogP contribution >= 0.6 is 11.6 Å². The van der Waals surface area contributed by atoms with Crippen LogP contribution in [0.1, 0.15) is 17.2 Å². The van der Waals surface area contributed by atoms with Crippen molar-refractivity contribution in [3.63, 3.8) is 0 Å². The van der Waals surface area contributed by atoms with Gasteiger partial charge >= 0.3 is 6.03 Å². The van der Waals surface area contributed by atoms with Gasteiger partial charge in [0.2, 0.25) is 0 Å². The van der Waals surface area contributed by atoms with Crippen molar-refractivity contribution in [1.29, 1.82) is 0 Å². The minimum Gasteiger partial charge on any atom is -0.358 e. The molecule has 3 N–H and O–H groups in total. The summed E-state index contributed by atoms with van der Waals surface area (Å²) in [5.41, 5.74) is 2.70. The van der Waals surface area contributed by atoms with Crippen LogP contribution < -0.4 is 16.0 Å². The lowest BCUT2D eigenvalue weighted by Crippen LogP contribution is -2.39. The highest BCUT2D eigenvalue weighted by molar-refractivity contribution is 6.30. The topological polar surface area (TPSA) is 98.7 Å². The van der Waals surface area contributed by atoms with E-state index in [1.807, 2.05) is 31.3 Å². The first-order valence-electron chi connectivity index (χ1n) is 10.4. The molecule has 0 radical (unpaired) electrons. The Morgan fingerprint density at radius 2 is 1.70 bits per heavy atom. The molecule has 8 nitrogen and oxygen atoms in total. The zero-order valence-corrected chi connectivity index (χ0v) is 18.7. The molecule has 0 fully saturated rings. The molecule has 1 aliphatic rings. The predicted octanol–water partition coefficient (Wildman–Crippen LogP) is 3.93. The van der Waals surface area contributed by atoms with Crippen LogP contribution in [-0.2, 0) is 4.79 Å². The maximum absolute atomic E-state index is 13.1. The Bertz CT molecular complexity index is 1150. The van der Waals surface area contributed by atoms with Gasteiger partial charge in [-0.3, -0.25) is 14.8 Å². The van der Waals surface area contributed by atoms with Crippen LogP contribution in [0.5, 0.6) is 0 Å². The zero-order valence-electron chi connectivity index (χ0n) is 18.0. The van der Waals surface area contributed by atoms with Crippen molar-refractivity contribution in [1.82, 2.24) is 15.2 Å². The summed E-state index contributed by atoms with van der Waals surface area (Å²) < 4.78 is 0. The molecule has 33 heavy (non-hydrogen) atoms. The van der Waals surface area contributed by atoms with Crippen LogP contribution in [0, 0.1) is 0 Å². The van der Waals surface area contributed by atoms with E-state index in [1.165, 1.54) is 0 Å². The van der Waals surface area contributed by atoms with E-state index >= 15 is 0 Å². The number of anilines is 2. The van der Waals surface area contributed by atoms with Crippen LogP contribution in [0.25, 0.3) is 0 Å². The third-order valence-electron chi connectivity index (χ3n) is 5.13. The van der Waals surface area contributed by atoms with Gasteiger partial charge in [0.15, 0.2) is 0 Å². The number of aromatic nitrogens is 1. The number of urea groups is 1. The van der Waals surface area contributed by atoms with Gasteiger partial charge in [0, 0.05) is 53.5 Å². The molecular formula is C24H23ClN6O2. The van der Waals surface area contributed by atoms with Crippen molar-refractivity contribution in [3.05, 3.63) is 89.2 Å². The number of rotatable bonds is 6. The summed E-state index contributed by atoms with van der Waals surface area (Å²) in [4.78, 5) is 36.4. The van der Waals surface area contributed by atoms with E-state index < -0.39 is 18.0 Å². The number of benzene rings is 2. The molecule has 0 aliphatic carbocycles. The van der Waals surface area contributed by atoms with Gasteiger partial charge in [0.05, 0.1) is 6.54 Å². The molecule has 9 heteroatoms. The SMILES string of the molecule is CN1CCN=C1c1ccc(NC(=O)C(NC(=O)Nc2ccc(Cl)cc2)c2cccnc2)cc1. The summed E-state index contributed by atoms with van der Waals surface area (Å²) in [7, 11) is 2.00. The molecule has 1 atom stereocenters. The van der Waals surface area contributed by atoms with Crippen molar-refractivity contribution in [2.24, 2.45) is 4.99 Å². The van der Waals surface area contributed by atoms with E-state index in [9.17, 15) is 9.59 Å². The second kappa shape index (κ2) is 10.1. The van der Waals surface area contributed by atoms with Crippen molar-refractivity contribution in [2.45, 2.75) is 6.04 Å². The molecule has 168 valence electrons. The number of pyridine rings is 1. The average Bonchev–Trinajstić information content (AvgIpc) is 3.26. The Labute approximate surface area is 196 Å². The minimum atomic E-state index is -0.948. The maximum Gasteiger partial charge on any atom is 0.320 e. The molecule has 4 rings (SSSR count). The Morgan fingerprint density at radius 3 is 2.33 bits per heavy atom. The highest BCUT2D eigenvalue weighted by Gasteiger charge is 2.23. The molecule has 2 heterocycles. The number of halogens is 1. The van der Waals surface area contributed by atoms with Gasteiger partial charge < -0.3 is 20.9 Å². The molecule has 0 saturated carbocycles. The standard InChI is InChI=1S/C24H23ClN6O2/c1-31-14-13-27-22(31)16-4-8-19(9-5-16)28-23(32)21(17-3-2-12-26-15-17)30-24(33)29-20-10-6-18(25)7-11-20/h2-12,15,21H,13-14H2,1H3,(H,28,32)(H2,29,30,33). The van der Waals surface area contributed by atoms with Crippen LogP contribution in [0.3, 0.4) is 0 Å². The first-order chi connectivity index (χ1) is 16.0. The lowest BCUT2D eigenvalue weighted by molar-refractivity contribution is -0.118. The third-order valence-corrected chi connectivity index (χ3v) is 5.38. The van der Waals surface area contributed by atoms with E-state index in [4.69, 9.17) is 11.6 Å². The molecule has 2 aromatic carbocycles. The number of amides is 3. The summed E-state index contributed by atoms with van der Waals surface area (Å²) in [6.07, 6.45) is 3.15. The first kappa shape index (κ1) is 22.3. The van der Waals surface area contributed by atoms with Crippen molar-refractivity contribution in [3.8, 4) is 0 Å². The van der Waals surface area contributed by atoms with Crippen molar-refractivity contribution < 1.29 is 9.59 Å². The summed E-state index contributed by atoms with van der Waals surface area (Å²) in [6.45, 7) is 1.67. The molecular weight excluding hydrogens is 440 g/mol. The average molecular weight is 463 g/mol. The monoisotopic (exact) mass is 462 g/mol. The molecule has 0 spiro atoms. The van der Waals surface area contributed by atoms with Gasteiger partial charge in [-0.1, -0.05) is 17.7 Å². The molecule has 0 bridgehead atoms. The summed E-state index contributed by atoms with van der Waals surface area (Å²) >= 11 is 5.89. The fraction of sp³-hybridized carbons (Fsp3) is 0.167. The fourth-order valence-corrected chi connectivity index (χ4v) is 3.57. The number of likely N-dealkylation sites (N-methyl/N-ethyl adjacent to an activating group) is 1. The summed E-state index contributed by atoms with van der Waals surface area (Å²) in [5, 5.41) is 8.85. The number of amidine groups is 1. The molecule has 3 amide bonds. The summed E-state index contributed by atoms with van der Waals surface area (Å²) in [6, 6.07) is 16.1. The maximum atomic E-state index is 13.1. The van der Waals surface area contributed by atoms with E-state index in [1.54, 1.807) is 48.8 Å². The van der Waals surface area contributed by atoms with Crippen molar-refractivity contribution in [2.75, 3.05) is 30.8 Å². The lowest BCUT2D eigenvalue weighted by Gasteiger charge is -2.19. The van der Waals surface area contributed by atoms with Crippen LogP contribution in [0.4, 0.5) is 16.2 Å². The smallest absolute Gasteiger partial charge is 0.320 e. The van der Waals surface area contributed by atoms with Crippen LogP contribution in [0.15, 0.2) is 78.0 Å². The predicted molar refractivity (Wildman–Crippen MR) is 130 cm³/mol. The Kier molecular flexibility index (Phi) is 6.85. The normalized spacial score (nSPS) is 13.8. The number of nitrogens with one attached hydrogen (secondary N) is 3. The first-order valence-corrected chi connectivity index (χ1v) is 10.8. The number of hydrogen-bond acceptors (Lipinski definition) is 5. The fourth-order valence-electron chi connectivity index (χ4n) is 3.44. The molecule has 3 aromatic rings. The number of nitrogens with zero attached hydrogens (tertiary/aromatic N) is 3. The number of aliphatic imine (C=N–C) groups is 1. The van der Waals surface area contributed by atoms with Gasteiger partial charge in [0.1, 0.15) is 11.9 Å². The quantitative estimate of drug-likeness (QED) is 0.517. The van der Waals surface area contributed by atoms with Gasteiger partial charge in [-0.15, -0.1) is 0 Å². The highest BCUT2D eigenvalue weighted by Crippen LogP contribution is 2.19. The van der Waals surface area contributed by atoms with Crippen LogP contribution in [-0.4, -0.2) is 47.8 Å². The van der Waals surface area contributed by atoms with E-state index in [-0.39, 0.29) is 0 Å². The second-order valence-electron chi connectivity index (χ2n) is 7.52. The minimum absolute atomic E-state index is 0.391. The molecule has 0 saturated heterocycles. The number of carbonyl (C=O) groups is 2. The summed E-state index contributed by atoms with van der Waals surface area (Å²) in [5.74, 6) is 0.541. The third kappa shape index (κ3) is 5.67. The van der Waals surface area contributed by atoms with Gasteiger partial charge in [-0.05, 0) is 54.6 Å². The van der Waals surface area contributed by atoms with Crippen molar-refractivity contribution >= 4 is 40.7 Å². The zero-order chi connectivity index (χ0) is 23.2. The second-order valence-corrected chi connectivity index (χ2v) is 7.95.